The maximum atomic E-state index is 12.7. The number of esters is 1. The van der Waals surface area contributed by atoms with Crippen molar-refractivity contribution in [2.75, 3.05) is 14.2 Å². The van der Waals surface area contributed by atoms with Crippen LogP contribution in [0.15, 0.2) is 61.2 Å². The quantitative estimate of drug-likeness (QED) is 0.269. The van der Waals surface area contributed by atoms with Gasteiger partial charge in [-0.2, -0.15) is 0 Å². The Labute approximate surface area is 194 Å². The second-order valence-electron chi connectivity index (χ2n) is 8.49. The Hall–Kier alpha value is -3.25. The monoisotopic (exact) mass is 450 g/mol. The molecule has 0 bridgehead atoms. The van der Waals surface area contributed by atoms with Crippen molar-refractivity contribution in [3.63, 3.8) is 0 Å². The lowest BCUT2D eigenvalue weighted by Gasteiger charge is -2.24. The molecule has 3 atom stereocenters. The highest BCUT2D eigenvalue weighted by atomic mass is 16.7. The molecular formula is C27H30O6. The van der Waals surface area contributed by atoms with E-state index >= 15 is 0 Å². The first kappa shape index (κ1) is 22.9. The van der Waals surface area contributed by atoms with Crippen molar-refractivity contribution in [3.8, 4) is 17.2 Å². The van der Waals surface area contributed by atoms with E-state index in [-0.39, 0.29) is 12.1 Å². The van der Waals surface area contributed by atoms with E-state index in [1.165, 1.54) is 0 Å². The van der Waals surface area contributed by atoms with E-state index in [0.29, 0.717) is 43.1 Å². The highest BCUT2D eigenvalue weighted by Gasteiger charge is 2.73. The molecule has 0 saturated carbocycles. The summed E-state index contributed by atoms with van der Waals surface area (Å²) in [5, 5.41) is 0. The lowest BCUT2D eigenvalue weighted by Crippen LogP contribution is -2.22. The van der Waals surface area contributed by atoms with Gasteiger partial charge in [-0.15, -0.1) is 6.58 Å². The fourth-order valence-corrected chi connectivity index (χ4v) is 4.48. The van der Waals surface area contributed by atoms with E-state index in [9.17, 15) is 4.79 Å². The lowest BCUT2D eigenvalue weighted by atomic mass is 9.90. The Kier molecular flexibility index (Phi) is 6.47. The highest BCUT2D eigenvalue weighted by molar-refractivity contribution is 5.87. The summed E-state index contributed by atoms with van der Waals surface area (Å²) >= 11 is 0. The fraction of sp³-hybridized carbons (Fsp3) is 0.370. The van der Waals surface area contributed by atoms with Crippen LogP contribution in [0, 0.1) is 0 Å². The van der Waals surface area contributed by atoms with Crippen molar-refractivity contribution in [2.45, 2.75) is 50.6 Å². The van der Waals surface area contributed by atoms with Gasteiger partial charge in [-0.3, -0.25) is 0 Å². The molecule has 2 fully saturated rings. The maximum absolute atomic E-state index is 12.7. The molecule has 0 N–H and O–H groups in total. The minimum Gasteiger partial charge on any atom is -0.496 e. The van der Waals surface area contributed by atoms with Gasteiger partial charge in [0.15, 0.2) is 23.2 Å². The minimum atomic E-state index is -0.903. The van der Waals surface area contributed by atoms with Crippen LogP contribution in [0.2, 0.25) is 0 Å². The molecule has 2 heterocycles. The number of ether oxygens (including phenoxy) is 5. The number of cyclic esters (lactones) is 1. The van der Waals surface area contributed by atoms with Crippen LogP contribution in [0.3, 0.4) is 0 Å². The summed E-state index contributed by atoms with van der Waals surface area (Å²) in [6.07, 6.45) is 2.54. The molecule has 2 aliphatic heterocycles. The minimum absolute atomic E-state index is 0.342. The van der Waals surface area contributed by atoms with Crippen LogP contribution in [-0.4, -0.2) is 31.9 Å². The molecule has 6 heteroatoms. The van der Waals surface area contributed by atoms with Gasteiger partial charge in [0.05, 0.1) is 14.2 Å². The van der Waals surface area contributed by atoms with Crippen molar-refractivity contribution >= 4 is 5.97 Å². The van der Waals surface area contributed by atoms with Crippen molar-refractivity contribution in [1.29, 1.82) is 0 Å². The number of rotatable bonds is 11. The van der Waals surface area contributed by atoms with Crippen LogP contribution < -0.4 is 14.2 Å². The van der Waals surface area contributed by atoms with Crippen LogP contribution in [0.25, 0.3) is 0 Å². The second-order valence-corrected chi connectivity index (χ2v) is 8.49. The first-order valence-corrected chi connectivity index (χ1v) is 11.0. The fourth-order valence-electron chi connectivity index (χ4n) is 4.48. The third kappa shape index (κ3) is 4.23. The van der Waals surface area contributed by atoms with Gasteiger partial charge in [0.1, 0.15) is 18.5 Å². The number of hydrogen-bond donors (Lipinski definition) is 0. The molecule has 2 saturated heterocycles. The van der Waals surface area contributed by atoms with Gasteiger partial charge in [-0.05, 0) is 31.7 Å². The van der Waals surface area contributed by atoms with Crippen molar-refractivity contribution in [3.05, 3.63) is 77.9 Å². The van der Waals surface area contributed by atoms with Crippen molar-refractivity contribution < 1.29 is 28.5 Å². The number of allylic oxidation sites excluding steroid dienone is 2. The summed E-state index contributed by atoms with van der Waals surface area (Å²) in [7, 11) is 3.19. The third-order valence-corrected chi connectivity index (χ3v) is 6.09. The molecule has 33 heavy (non-hydrogen) atoms. The zero-order valence-electron chi connectivity index (χ0n) is 19.4. The predicted octanol–water partition coefficient (Wildman–Crippen LogP) is 5.10. The molecule has 4 rings (SSSR count). The lowest BCUT2D eigenvalue weighted by molar-refractivity contribution is -0.154. The van der Waals surface area contributed by atoms with Crippen LogP contribution >= 0.6 is 0 Å². The molecule has 174 valence electrons. The SMILES string of the molecule is C=CCC[C@@]12O[C@@H]1[C@@H](c1c(OC)cc(OCc3ccccc3)c(OC)c1CC(=C)C)OC2=O. The number of benzene rings is 2. The first-order valence-electron chi connectivity index (χ1n) is 11.0. The molecule has 2 aromatic carbocycles. The summed E-state index contributed by atoms with van der Waals surface area (Å²) in [5.41, 5.74) is 2.61. The van der Waals surface area contributed by atoms with Crippen LogP contribution in [0.4, 0.5) is 0 Å². The van der Waals surface area contributed by atoms with E-state index in [0.717, 1.165) is 22.3 Å². The predicted molar refractivity (Wildman–Crippen MR) is 125 cm³/mol. The Morgan fingerprint density at radius 1 is 1.18 bits per heavy atom. The van der Waals surface area contributed by atoms with E-state index < -0.39 is 11.7 Å². The molecule has 0 aliphatic carbocycles. The number of methoxy groups -OCH3 is 2. The first-order chi connectivity index (χ1) is 15.9. The van der Waals surface area contributed by atoms with Crippen molar-refractivity contribution in [1.82, 2.24) is 0 Å². The Balaban J connectivity index is 1.74. The number of epoxide rings is 1. The van der Waals surface area contributed by atoms with Crippen molar-refractivity contribution in [2.24, 2.45) is 0 Å². The standard InChI is InChI=1S/C27H30O6/c1-6-7-13-27-25(33-27)24(32-26(27)28)22-19(14-17(2)3)23(30-5)21(15-20(22)29-4)31-16-18-11-9-8-10-12-18/h6,8-12,15,24-25H,1-2,7,13-14,16H2,3-5H3/t24-,25-,27-/m1/s1. The summed E-state index contributed by atoms with van der Waals surface area (Å²) in [6, 6.07) is 11.7. The zero-order valence-corrected chi connectivity index (χ0v) is 19.4. The van der Waals surface area contributed by atoms with Gasteiger partial charge >= 0.3 is 5.97 Å². The Morgan fingerprint density at radius 3 is 2.55 bits per heavy atom. The normalized spacial score (nSPS) is 22.8. The Morgan fingerprint density at radius 2 is 1.94 bits per heavy atom. The van der Waals surface area contributed by atoms with Crippen LogP contribution in [0.5, 0.6) is 17.2 Å². The van der Waals surface area contributed by atoms with E-state index in [1.54, 1.807) is 26.4 Å². The number of fused-ring (bicyclic) bond motifs is 1. The molecule has 2 aliphatic rings. The summed E-state index contributed by atoms with van der Waals surface area (Å²) in [5.74, 6) is 1.34. The molecule has 0 aromatic heterocycles. The molecule has 6 nitrogen and oxygen atoms in total. The summed E-state index contributed by atoms with van der Waals surface area (Å²) in [4.78, 5) is 12.7. The largest absolute Gasteiger partial charge is 0.496 e. The maximum Gasteiger partial charge on any atom is 0.342 e. The van der Waals surface area contributed by atoms with E-state index in [2.05, 4.69) is 13.2 Å². The highest BCUT2D eigenvalue weighted by Crippen LogP contribution is 2.58. The van der Waals surface area contributed by atoms with E-state index in [1.807, 2.05) is 37.3 Å². The molecule has 2 aromatic rings. The average Bonchev–Trinajstić information content (AvgIpc) is 3.49. The topological polar surface area (TPSA) is 66.5 Å². The summed E-state index contributed by atoms with van der Waals surface area (Å²) < 4.78 is 29.5. The average molecular weight is 451 g/mol. The Bertz CT molecular complexity index is 1060. The number of hydrogen-bond acceptors (Lipinski definition) is 6. The zero-order chi connectivity index (χ0) is 23.6. The van der Waals surface area contributed by atoms with Gasteiger partial charge in [0, 0.05) is 17.2 Å². The van der Waals surface area contributed by atoms with Crippen LogP contribution in [-0.2, 0) is 27.3 Å². The molecule has 0 radical (unpaired) electrons. The van der Waals surface area contributed by atoms with Crippen LogP contribution in [0.1, 0.15) is 42.6 Å². The molecule has 0 amide bonds. The van der Waals surface area contributed by atoms with E-state index in [4.69, 9.17) is 23.7 Å². The van der Waals surface area contributed by atoms with Gasteiger partial charge in [-0.25, -0.2) is 4.79 Å². The number of carbonyl (C=O) groups excluding carboxylic acids is 1. The third-order valence-electron chi connectivity index (χ3n) is 6.09. The molecule has 0 spiro atoms. The van der Waals surface area contributed by atoms with Gasteiger partial charge in [0.2, 0.25) is 0 Å². The van der Waals surface area contributed by atoms with Gasteiger partial charge in [0.25, 0.3) is 0 Å². The number of carbonyl (C=O) groups is 1. The smallest absolute Gasteiger partial charge is 0.342 e. The summed E-state index contributed by atoms with van der Waals surface area (Å²) in [6.45, 7) is 10.2. The molecule has 0 unspecified atom stereocenters. The molecular weight excluding hydrogens is 420 g/mol. The van der Waals surface area contributed by atoms with Gasteiger partial charge in [-0.1, -0.05) is 48.6 Å². The second kappa shape index (κ2) is 9.32. The van der Waals surface area contributed by atoms with Gasteiger partial charge < -0.3 is 23.7 Å².